The van der Waals surface area contributed by atoms with Gasteiger partial charge in [-0.05, 0) is 25.0 Å². The molecular weight excluding hydrogens is 258 g/mol. The van der Waals surface area contributed by atoms with Crippen molar-refractivity contribution in [2.24, 2.45) is 5.73 Å². The molecule has 0 radical (unpaired) electrons. The number of nitrogens with two attached hydrogens (primary N) is 1. The van der Waals surface area contributed by atoms with Gasteiger partial charge >= 0.3 is 0 Å². The molecule has 3 nitrogen and oxygen atoms in total. The molecule has 2 N–H and O–H groups in total. The summed E-state index contributed by atoms with van der Waals surface area (Å²) in [5.41, 5.74) is 6.34. The van der Waals surface area contributed by atoms with Crippen molar-refractivity contribution in [3.8, 4) is 0 Å². The molecule has 1 aromatic carbocycles. The summed E-state index contributed by atoms with van der Waals surface area (Å²) in [6, 6.07) is 4.95. The third kappa shape index (κ3) is 2.34. The smallest absolute Gasteiger partial charge is 0.175 e. The SMILES string of the molecule is CS(=O)(=O)c1cccc(Cl)c1C1(N)CCCC1. The van der Waals surface area contributed by atoms with Gasteiger partial charge in [-0.3, -0.25) is 0 Å². The largest absolute Gasteiger partial charge is 0.321 e. The highest BCUT2D eigenvalue weighted by atomic mass is 35.5. The Morgan fingerprint density at radius 2 is 1.88 bits per heavy atom. The lowest BCUT2D eigenvalue weighted by Gasteiger charge is -2.27. The Morgan fingerprint density at radius 1 is 1.29 bits per heavy atom. The average molecular weight is 274 g/mol. The van der Waals surface area contributed by atoms with Crippen molar-refractivity contribution in [1.82, 2.24) is 0 Å². The van der Waals surface area contributed by atoms with Gasteiger partial charge in [-0.15, -0.1) is 0 Å². The van der Waals surface area contributed by atoms with Crippen LogP contribution in [0.15, 0.2) is 23.1 Å². The Bertz CT molecular complexity index is 533. The summed E-state index contributed by atoms with van der Waals surface area (Å²) in [5, 5.41) is 0.456. The Balaban J connectivity index is 2.67. The Hall–Kier alpha value is -0.580. The fraction of sp³-hybridized carbons (Fsp3) is 0.500. The predicted octanol–water partition coefficient (Wildman–Crippen LogP) is 2.47. The number of rotatable bonds is 2. The average Bonchev–Trinajstić information content (AvgIpc) is 2.64. The van der Waals surface area contributed by atoms with E-state index >= 15 is 0 Å². The second kappa shape index (κ2) is 4.26. The van der Waals surface area contributed by atoms with Crippen molar-refractivity contribution in [2.45, 2.75) is 36.1 Å². The van der Waals surface area contributed by atoms with E-state index in [1.54, 1.807) is 18.2 Å². The van der Waals surface area contributed by atoms with E-state index in [-0.39, 0.29) is 4.90 Å². The fourth-order valence-electron chi connectivity index (χ4n) is 2.55. The van der Waals surface area contributed by atoms with Crippen LogP contribution in [0.3, 0.4) is 0 Å². The van der Waals surface area contributed by atoms with Crippen molar-refractivity contribution in [3.05, 3.63) is 28.8 Å². The van der Waals surface area contributed by atoms with Gasteiger partial charge in [0, 0.05) is 22.4 Å². The second-order valence-corrected chi connectivity index (χ2v) is 7.14. The molecule has 1 aliphatic rings. The van der Waals surface area contributed by atoms with E-state index in [9.17, 15) is 8.42 Å². The molecule has 5 heteroatoms. The molecule has 0 spiro atoms. The first kappa shape index (κ1) is 12.9. The molecule has 0 heterocycles. The molecule has 0 saturated heterocycles. The molecule has 1 aliphatic carbocycles. The Labute approximate surface area is 107 Å². The third-order valence-corrected chi connectivity index (χ3v) is 4.82. The third-order valence-electron chi connectivity index (χ3n) is 3.37. The molecule has 2 rings (SSSR count). The van der Waals surface area contributed by atoms with Crippen molar-refractivity contribution in [3.63, 3.8) is 0 Å². The zero-order chi connectivity index (χ0) is 12.7. The fourth-order valence-corrected chi connectivity index (χ4v) is 3.98. The molecule has 0 aromatic heterocycles. The summed E-state index contributed by atoms with van der Waals surface area (Å²) in [7, 11) is -3.30. The Kier molecular flexibility index (Phi) is 3.23. The van der Waals surface area contributed by atoms with E-state index in [1.165, 1.54) is 6.26 Å². The molecule has 0 unspecified atom stereocenters. The second-order valence-electron chi connectivity index (χ2n) is 4.75. The lowest BCUT2D eigenvalue weighted by molar-refractivity contribution is 0.451. The monoisotopic (exact) mass is 273 g/mol. The van der Waals surface area contributed by atoms with Crippen LogP contribution in [-0.2, 0) is 15.4 Å². The maximum atomic E-state index is 11.8. The van der Waals surface area contributed by atoms with E-state index in [1.807, 2.05) is 0 Å². The van der Waals surface area contributed by atoms with Gasteiger partial charge in [0.15, 0.2) is 9.84 Å². The van der Waals surface area contributed by atoms with Gasteiger partial charge in [0.1, 0.15) is 0 Å². The highest BCUT2D eigenvalue weighted by Crippen LogP contribution is 2.42. The van der Waals surface area contributed by atoms with Crippen LogP contribution < -0.4 is 5.73 Å². The molecule has 0 bridgehead atoms. The van der Waals surface area contributed by atoms with Crippen LogP contribution in [0.1, 0.15) is 31.2 Å². The van der Waals surface area contributed by atoms with Crippen molar-refractivity contribution >= 4 is 21.4 Å². The zero-order valence-corrected chi connectivity index (χ0v) is 11.3. The lowest BCUT2D eigenvalue weighted by Crippen LogP contribution is -2.35. The quantitative estimate of drug-likeness (QED) is 0.900. The standard InChI is InChI=1S/C12H16ClNO2S/c1-17(15,16)10-6-4-5-9(13)11(10)12(14)7-2-3-8-12/h4-6H,2-3,7-8,14H2,1H3. The van der Waals surface area contributed by atoms with Crippen LogP contribution in [0.25, 0.3) is 0 Å². The summed E-state index contributed by atoms with van der Waals surface area (Å²) < 4.78 is 23.6. The molecule has 17 heavy (non-hydrogen) atoms. The Morgan fingerprint density at radius 3 is 2.41 bits per heavy atom. The van der Waals surface area contributed by atoms with Gasteiger partial charge in [0.05, 0.1) is 4.90 Å². The minimum Gasteiger partial charge on any atom is -0.321 e. The summed E-state index contributed by atoms with van der Waals surface area (Å²) in [6.07, 6.45) is 4.81. The van der Waals surface area contributed by atoms with Crippen molar-refractivity contribution in [1.29, 1.82) is 0 Å². The van der Waals surface area contributed by atoms with Gasteiger partial charge in [-0.1, -0.05) is 30.5 Å². The first-order chi connectivity index (χ1) is 7.84. The molecule has 94 valence electrons. The number of hydrogen-bond donors (Lipinski definition) is 1. The van der Waals surface area contributed by atoms with Crippen LogP contribution in [0.5, 0.6) is 0 Å². The summed E-state index contributed by atoms with van der Waals surface area (Å²) >= 11 is 6.16. The van der Waals surface area contributed by atoms with Crippen molar-refractivity contribution < 1.29 is 8.42 Å². The summed E-state index contributed by atoms with van der Waals surface area (Å²) in [5.74, 6) is 0. The van der Waals surface area contributed by atoms with Crippen LogP contribution in [0, 0.1) is 0 Å². The predicted molar refractivity (Wildman–Crippen MR) is 68.9 cm³/mol. The number of sulfone groups is 1. The van der Waals surface area contributed by atoms with E-state index < -0.39 is 15.4 Å². The number of benzene rings is 1. The molecular formula is C12H16ClNO2S. The molecule has 0 amide bonds. The summed E-state index contributed by atoms with van der Waals surface area (Å²) in [6.45, 7) is 0. The van der Waals surface area contributed by atoms with Crippen LogP contribution >= 0.6 is 11.6 Å². The maximum absolute atomic E-state index is 11.8. The molecule has 0 atom stereocenters. The van der Waals surface area contributed by atoms with Gasteiger partial charge in [-0.25, -0.2) is 8.42 Å². The molecule has 0 aliphatic heterocycles. The van der Waals surface area contributed by atoms with Gasteiger partial charge < -0.3 is 5.73 Å². The maximum Gasteiger partial charge on any atom is 0.175 e. The van der Waals surface area contributed by atoms with Crippen LogP contribution in [-0.4, -0.2) is 14.7 Å². The number of hydrogen-bond acceptors (Lipinski definition) is 3. The van der Waals surface area contributed by atoms with Crippen molar-refractivity contribution in [2.75, 3.05) is 6.26 Å². The lowest BCUT2D eigenvalue weighted by atomic mass is 9.89. The first-order valence-electron chi connectivity index (χ1n) is 5.62. The van der Waals surface area contributed by atoms with Gasteiger partial charge in [0.25, 0.3) is 0 Å². The van der Waals surface area contributed by atoms with E-state index in [0.29, 0.717) is 10.6 Å². The van der Waals surface area contributed by atoms with Crippen LogP contribution in [0.2, 0.25) is 5.02 Å². The minimum absolute atomic E-state index is 0.273. The van der Waals surface area contributed by atoms with E-state index in [2.05, 4.69) is 0 Å². The van der Waals surface area contributed by atoms with E-state index in [0.717, 1.165) is 25.7 Å². The summed E-state index contributed by atoms with van der Waals surface area (Å²) in [4.78, 5) is 0.273. The van der Waals surface area contributed by atoms with Crippen LogP contribution in [0.4, 0.5) is 0 Å². The molecule has 1 saturated carbocycles. The zero-order valence-electron chi connectivity index (χ0n) is 9.74. The molecule has 1 fully saturated rings. The highest BCUT2D eigenvalue weighted by molar-refractivity contribution is 7.90. The molecule has 1 aromatic rings. The van der Waals surface area contributed by atoms with Gasteiger partial charge in [-0.2, -0.15) is 0 Å². The highest BCUT2D eigenvalue weighted by Gasteiger charge is 2.36. The van der Waals surface area contributed by atoms with E-state index in [4.69, 9.17) is 17.3 Å². The normalized spacial score (nSPS) is 19.5. The number of halogens is 1. The first-order valence-corrected chi connectivity index (χ1v) is 7.89. The topological polar surface area (TPSA) is 60.2 Å². The minimum atomic E-state index is -3.30. The van der Waals surface area contributed by atoms with Gasteiger partial charge in [0.2, 0.25) is 0 Å².